The fourth-order valence-electron chi connectivity index (χ4n) is 2.23. The third-order valence-corrected chi connectivity index (χ3v) is 5.45. The summed E-state index contributed by atoms with van der Waals surface area (Å²) in [6.45, 7) is -0.355. The number of benzene rings is 2. The van der Waals surface area contributed by atoms with Crippen molar-refractivity contribution in [2.45, 2.75) is 6.54 Å². The van der Waals surface area contributed by atoms with Crippen LogP contribution in [-0.2, 0) is 21.4 Å². The minimum atomic E-state index is -3.62. The van der Waals surface area contributed by atoms with E-state index in [2.05, 4.69) is 5.32 Å². The lowest BCUT2D eigenvalue weighted by Gasteiger charge is -2.20. The molecule has 1 amide bonds. The van der Waals surface area contributed by atoms with Crippen LogP contribution in [0.25, 0.3) is 0 Å². The molecule has 140 valence electrons. The number of anilines is 1. The topological polar surface area (TPSA) is 75.7 Å². The number of nitrogens with one attached hydrogen (secondary N) is 1. The van der Waals surface area contributed by atoms with E-state index in [9.17, 15) is 13.2 Å². The molecule has 2 aromatic carbocycles. The Bertz CT molecular complexity index is 903. The molecule has 0 aliphatic carbocycles. The summed E-state index contributed by atoms with van der Waals surface area (Å²) in [4.78, 5) is 12.3. The summed E-state index contributed by atoms with van der Waals surface area (Å²) in [5.41, 5.74) is 1.08. The molecule has 26 heavy (non-hydrogen) atoms. The van der Waals surface area contributed by atoms with Gasteiger partial charge in [0.1, 0.15) is 5.75 Å². The van der Waals surface area contributed by atoms with Crippen molar-refractivity contribution >= 4 is 44.8 Å². The molecule has 0 radical (unpaired) electrons. The number of hydrogen-bond acceptors (Lipinski definition) is 4. The average Bonchev–Trinajstić information content (AvgIpc) is 2.57. The SMILES string of the molecule is COc1ccccc1NC(=O)CN(Cc1ccc(Cl)c(Cl)c1)S(C)(=O)=O. The molecule has 2 aromatic rings. The molecule has 2 rings (SSSR count). The van der Waals surface area contributed by atoms with E-state index in [1.54, 1.807) is 42.5 Å². The van der Waals surface area contributed by atoms with Gasteiger partial charge in [-0.05, 0) is 29.8 Å². The van der Waals surface area contributed by atoms with Crippen LogP contribution >= 0.6 is 23.2 Å². The predicted molar refractivity (Wildman–Crippen MR) is 103 cm³/mol. The Morgan fingerprint density at radius 1 is 1.15 bits per heavy atom. The first-order chi connectivity index (χ1) is 12.2. The first-order valence-corrected chi connectivity index (χ1v) is 10.1. The third kappa shape index (κ3) is 5.60. The molecule has 0 spiro atoms. The zero-order valence-corrected chi connectivity index (χ0v) is 16.5. The van der Waals surface area contributed by atoms with Crippen LogP contribution in [0.3, 0.4) is 0 Å². The van der Waals surface area contributed by atoms with Gasteiger partial charge in [-0.25, -0.2) is 8.42 Å². The van der Waals surface area contributed by atoms with Crippen molar-refractivity contribution in [1.82, 2.24) is 4.31 Å². The van der Waals surface area contributed by atoms with E-state index in [0.29, 0.717) is 27.0 Å². The van der Waals surface area contributed by atoms with Crippen molar-refractivity contribution in [2.24, 2.45) is 0 Å². The van der Waals surface area contributed by atoms with Crippen molar-refractivity contribution in [3.05, 3.63) is 58.1 Å². The Hall–Kier alpha value is -1.80. The van der Waals surface area contributed by atoms with Crippen LogP contribution in [0.5, 0.6) is 5.75 Å². The quantitative estimate of drug-likeness (QED) is 0.749. The molecule has 0 aliphatic heterocycles. The minimum Gasteiger partial charge on any atom is -0.495 e. The van der Waals surface area contributed by atoms with Gasteiger partial charge in [0.25, 0.3) is 0 Å². The van der Waals surface area contributed by atoms with E-state index >= 15 is 0 Å². The zero-order chi connectivity index (χ0) is 19.3. The highest BCUT2D eigenvalue weighted by molar-refractivity contribution is 7.88. The van der Waals surface area contributed by atoms with Crippen LogP contribution in [-0.4, -0.2) is 38.5 Å². The molecule has 0 heterocycles. The molecular weight excluding hydrogens is 399 g/mol. The highest BCUT2D eigenvalue weighted by Gasteiger charge is 2.21. The van der Waals surface area contributed by atoms with Gasteiger partial charge in [-0.1, -0.05) is 41.4 Å². The summed E-state index contributed by atoms with van der Waals surface area (Å²) in [5, 5.41) is 3.34. The lowest BCUT2D eigenvalue weighted by molar-refractivity contribution is -0.116. The van der Waals surface area contributed by atoms with Gasteiger partial charge in [0.2, 0.25) is 15.9 Å². The molecule has 0 saturated carbocycles. The molecular formula is C17H18Cl2N2O4S. The summed E-state index contributed by atoms with van der Waals surface area (Å²) in [5.74, 6) is -0.00350. The number of halogens is 2. The molecule has 0 saturated heterocycles. The zero-order valence-electron chi connectivity index (χ0n) is 14.2. The smallest absolute Gasteiger partial charge is 0.239 e. The number of carbonyl (C=O) groups excluding carboxylic acids is 1. The van der Waals surface area contributed by atoms with Crippen LogP contribution in [0.1, 0.15) is 5.56 Å². The van der Waals surface area contributed by atoms with E-state index in [0.717, 1.165) is 10.6 Å². The molecule has 1 N–H and O–H groups in total. The highest BCUT2D eigenvalue weighted by atomic mass is 35.5. The number of methoxy groups -OCH3 is 1. The highest BCUT2D eigenvalue weighted by Crippen LogP contribution is 2.25. The number of rotatable bonds is 7. The van der Waals surface area contributed by atoms with Gasteiger partial charge in [0.05, 0.1) is 35.6 Å². The van der Waals surface area contributed by atoms with Crippen LogP contribution < -0.4 is 10.1 Å². The number of para-hydroxylation sites is 2. The monoisotopic (exact) mass is 416 g/mol. The molecule has 0 bridgehead atoms. The number of ether oxygens (including phenoxy) is 1. The Balaban J connectivity index is 2.15. The number of amides is 1. The van der Waals surface area contributed by atoms with Gasteiger partial charge in [0.15, 0.2) is 0 Å². The first kappa shape index (κ1) is 20.5. The second kappa shape index (κ2) is 8.73. The van der Waals surface area contributed by atoms with Gasteiger partial charge in [0, 0.05) is 6.54 Å². The van der Waals surface area contributed by atoms with Crippen molar-refractivity contribution < 1.29 is 17.9 Å². The van der Waals surface area contributed by atoms with Gasteiger partial charge < -0.3 is 10.1 Å². The second-order valence-corrected chi connectivity index (χ2v) is 8.32. The number of nitrogens with zero attached hydrogens (tertiary/aromatic N) is 1. The number of sulfonamides is 1. The molecule has 0 fully saturated rings. The van der Waals surface area contributed by atoms with Crippen LogP contribution in [0.2, 0.25) is 10.0 Å². The number of hydrogen-bond donors (Lipinski definition) is 1. The van der Waals surface area contributed by atoms with Gasteiger partial charge >= 0.3 is 0 Å². The minimum absolute atomic E-state index is 0.00489. The predicted octanol–water partition coefficient (Wildman–Crippen LogP) is 3.40. The molecule has 0 aromatic heterocycles. The van der Waals surface area contributed by atoms with Crippen LogP contribution in [0.4, 0.5) is 5.69 Å². The molecule has 0 aliphatic rings. The second-order valence-electron chi connectivity index (χ2n) is 5.53. The van der Waals surface area contributed by atoms with Crippen molar-refractivity contribution in [3.63, 3.8) is 0 Å². The summed E-state index contributed by atoms with van der Waals surface area (Å²) >= 11 is 11.8. The van der Waals surface area contributed by atoms with Crippen LogP contribution in [0, 0.1) is 0 Å². The molecule has 9 heteroatoms. The average molecular weight is 417 g/mol. The maximum absolute atomic E-state index is 12.3. The van der Waals surface area contributed by atoms with E-state index in [1.165, 1.54) is 7.11 Å². The summed E-state index contributed by atoms with van der Waals surface area (Å²) in [6, 6.07) is 11.7. The Morgan fingerprint density at radius 3 is 2.46 bits per heavy atom. The van der Waals surface area contributed by atoms with Gasteiger partial charge in [-0.2, -0.15) is 4.31 Å². The Morgan fingerprint density at radius 2 is 1.85 bits per heavy atom. The van der Waals surface area contributed by atoms with E-state index in [-0.39, 0.29) is 13.1 Å². The maximum atomic E-state index is 12.3. The van der Waals surface area contributed by atoms with Gasteiger partial charge in [-0.15, -0.1) is 0 Å². The normalized spacial score (nSPS) is 11.4. The standard InChI is InChI=1S/C17H18Cl2N2O4S/c1-25-16-6-4-3-5-15(16)20-17(22)11-21(26(2,23)24)10-12-7-8-13(18)14(19)9-12/h3-9H,10-11H2,1-2H3,(H,20,22). The summed E-state index contributed by atoms with van der Waals surface area (Å²) < 4.78 is 30.3. The summed E-state index contributed by atoms with van der Waals surface area (Å²) in [7, 11) is -2.14. The maximum Gasteiger partial charge on any atom is 0.239 e. The van der Waals surface area contributed by atoms with E-state index < -0.39 is 15.9 Å². The van der Waals surface area contributed by atoms with Crippen molar-refractivity contribution in [2.75, 3.05) is 25.2 Å². The van der Waals surface area contributed by atoms with Gasteiger partial charge in [-0.3, -0.25) is 4.79 Å². The van der Waals surface area contributed by atoms with E-state index in [1.807, 2.05) is 0 Å². The Kier molecular flexibility index (Phi) is 6.88. The molecule has 0 unspecified atom stereocenters. The lowest BCUT2D eigenvalue weighted by Crippen LogP contribution is -2.36. The van der Waals surface area contributed by atoms with E-state index in [4.69, 9.17) is 27.9 Å². The fraction of sp³-hybridized carbons (Fsp3) is 0.235. The third-order valence-electron chi connectivity index (χ3n) is 3.51. The Labute approximate surface area is 162 Å². The molecule has 6 nitrogen and oxygen atoms in total. The molecule has 0 atom stereocenters. The van der Waals surface area contributed by atoms with Crippen molar-refractivity contribution in [1.29, 1.82) is 0 Å². The fourth-order valence-corrected chi connectivity index (χ4v) is 3.29. The van der Waals surface area contributed by atoms with Crippen molar-refractivity contribution in [3.8, 4) is 5.75 Å². The first-order valence-electron chi connectivity index (χ1n) is 7.52. The largest absolute Gasteiger partial charge is 0.495 e. The summed E-state index contributed by atoms with van der Waals surface area (Å²) in [6.07, 6.45) is 1.04. The number of carbonyl (C=O) groups is 1. The van der Waals surface area contributed by atoms with Crippen LogP contribution in [0.15, 0.2) is 42.5 Å². The lowest BCUT2D eigenvalue weighted by atomic mass is 10.2.